The predicted octanol–water partition coefficient (Wildman–Crippen LogP) is 13.5. The van der Waals surface area contributed by atoms with Gasteiger partial charge in [0.25, 0.3) is 0 Å². The molecule has 0 atom stereocenters. The van der Waals surface area contributed by atoms with Crippen LogP contribution in [0.1, 0.15) is 22.3 Å². The molecule has 2 aliphatic rings. The number of hydrogen-bond donors (Lipinski definition) is 0. The number of hydrogen-bond acceptors (Lipinski definition) is 4. The molecule has 2 aromatic heterocycles. The second-order valence-electron chi connectivity index (χ2n) is 14.5. The summed E-state index contributed by atoms with van der Waals surface area (Å²) in [5.74, 6) is 2.55. The van der Waals surface area contributed by atoms with Gasteiger partial charge in [-0.05, 0) is 74.5 Å². The molecule has 0 amide bonds. The van der Waals surface area contributed by atoms with E-state index in [0.717, 1.165) is 55.3 Å². The lowest BCUT2D eigenvalue weighted by Gasteiger charge is -2.39. The second kappa shape index (κ2) is 11.6. The Bertz CT molecular complexity index is 3150. The first-order valence-corrected chi connectivity index (χ1v) is 19.5. The molecule has 0 saturated heterocycles. The first-order valence-electron chi connectivity index (χ1n) is 18.6. The van der Waals surface area contributed by atoms with Crippen LogP contribution in [-0.2, 0) is 5.41 Å². The van der Waals surface area contributed by atoms with Gasteiger partial charge in [-0.25, -0.2) is 9.97 Å². The Morgan fingerprint density at radius 3 is 1.87 bits per heavy atom. The third-order valence-electron chi connectivity index (χ3n) is 11.6. The Morgan fingerprint density at radius 2 is 1.05 bits per heavy atom. The molecule has 0 unspecified atom stereocenters. The molecule has 4 heteroatoms. The molecule has 0 N–H and O–H groups in total. The highest BCUT2D eigenvalue weighted by atomic mass is 32.1. The van der Waals surface area contributed by atoms with Crippen LogP contribution in [0.5, 0.6) is 11.5 Å². The maximum absolute atomic E-state index is 6.52. The second-order valence-corrected chi connectivity index (χ2v) is 15.5. The Morgan fingerprint density at radius 1 is 0.436 bits per heavy atom. The SMILES string of the molecule is c1ccc2c(c1)Oc1ccccc1C21c2ccccc2-c2cc(-c3ccc(-c4nc(-c5ccc6ccccc6c5)nc5c4sc4ccccc45)cc3)ccc21. The summed E-state index contributed by atoms with van der Waals surface area (Å²) >= 11 is 1.76. The average Bonchev–Trinajstić information content (AvgIpc) is 3.77. The summed E-state index contributed by atoms with van der Waals surface area (Å²) in [6.07, 6.45) is 0. The molecule has 10 aromatic rings. The molecule has 0 fully saturated rings. The van der Waals surface area contributed by atoms with Crippen molar-refractivity contribution in [1.29, 1.82) is 0 Å². The van der Waals surface area contributed by atoms with E-state index in [2.05, 4.69) is 182 Å². The Balaban J connectivity index is 1.00. The van der Waals surface area contributed by atoms with Crippen LogP contribution in [0.2, 0.25) is 0 Å². The predicted molar refractivity (Wildman–Crippen MR) is 226 cm³/mol. The van der Waals surface area contributed by atoms with Gasteiger partial charge in [-0.2, -0.15) is 0 Å². The van der Waals surface area contributed by atoms with Gasteiger partial charge in [-0.1, -0.05) is 152 Å². The Hall–Kier alpha value is -6.88. The highest BCUT2D eigenvalue weighted by Gasteiger charge is 2.50. The molecule has 12 rings (SSSR count). The lowest BCUT2D eigenvalue weighted by atomic mass is 9.66. The van der Waals surface area contributed by atoms with Crippen molar-refractivity contribution >= 4 is 42.4 Å². The molecule has 55 heavy (non-hydrogen) atoms. The van der Waals surface area contributed by atoms with E-state index in [0.29, 0.717) is 0 Å². The summed E-state index contributed by atoms with van der Waals surface area (Å²) in [6.45, 7) is 0. The van der Waals surface area contributed by atoms with E-state index >= 15 is 0 Å². The van der Waals surface area contributed by atoms with Crippen LogP contribution in [-0.4, -0.2) is 9.97 Å². The van der Waals surface area contributed by atoms with Crippen LogP contribution in [0.3, 0.4) is 0 Å². The van der Waals surface area contributed by atoms with Crippen LogP contribution in [0.15, 0.2) is 182 Å². The van der Waals surface area contributed by atoms with Gasteiger partial charge in [0.15, 0.2) is 5.82 Å². The molecule has 1 aliphatic heterocycles. The molecular weight excluding hydrogens is 689 g/mol. The summed E-state index contributed by atoms with van der Waals surface area (Å²) < 4.78 is 8.84. The van der Waals surface area contributed by atoms with Gasteiger partial charge in [0.05, 0.1) is 21.3 Å². The summed E-state index contributed by atoms with van der Waals surface area (Å²) in [5.41, 5.74) is 13.4. The number of aromatic nitrogens is 2. The lowest BCUT2D eigenvalue weighted by Crippen LogP contribution is -2.32. The molecule has 3 heterocycles. The number of benzene rings is 8. The fourth-order valence-corrected chi connectivity index (χ4v) is 10.3. The molecule has 0 bridgehead atoms. The summed E-state index contributed by atoms with van der Waals surface area (Å²) in [6, 6.07) is 65.4. The fourth-order valence-electron chi connectivity index (χ4n) is 9.10. The van der Waals surface area contributed by atoms with E-state index in [9.17, 15) is 0 Å². The van der Waals surface area contributed by atoms with E-state index in [1.165, 1.54) is 54.4 Å². The standard InChI is InChI=1S/C51H30N2OS/c1-2-12-34-29-36(26-23-31(34)11-1)50-52-47(49-48(53-50)38-14-4-10-20-46(38)55-49)33-24-21-32(22-25-33)35-27-28-41-39(30-35)37-13-3-5-15-40(37)51(41)42-16-6-8-18-44(42)54-45-19-9-7-17-43(45)51/h1-30H. The smallest absolute Gasteiger partial charge is 0.160 e. The quantitative estimate of drug-likeness (QED) is 0.182. The summed E-state index contributed by atoms with van der Waals surface area (Å²) in [4.78, 5) is 10.5. The average molecular weight is 719 g/mol. The van der Waals surface area contributed by atoms with Crippen molar-refractivity contribution < 1.29 is 4.74 Å². The van der Waals surface area contributed by atoms with E-state index in [1.54, 1.807) is 11.3 Å². The highest BCUT2D eigenvalue weighted by molar-refractivity contribution is 7.26. The van der Waals surface area contributed by atoms with Crippen LogP contribution < -0.4 is 4.74 Å². The first kappa shape index (κ1) is 30.6. The molecular formula is C51H30N2OS. The third kappa shape index (κ3) is 4.37. The van der Waals surface area contributed by atoms with Crippen molar-refractivity contribution in [2.45, 2.75) is 5.41 Å². The van der Waals surface area contributed by atoms with Crippen LogP contribution >= 0.6 is 11.3 Å². The molecule has 8 aromatic carbocycles. The van der Waals surface area contributed by atoms with Crippen LogP contribution in [0.25, 0.3) is 76.0 Å². The van der Waals surface area contributed by atoms with Gasteiger partial charge < -0.3 is 4.74 Å². The van der Waals surface area contributed by atoms with Crippen molar-refractivity contribution in [2.75, 3.05) is 0 Å². The third-order valence-corrected chi connectivity index (χ3v) is 12.7. The van der Waals surface area contributed by atoms with Gasteiger partial charge in [-0.15, -0.1) is 11.3 Å². The van der Waals surface area contributed by atoms with Crippen molar-refractivity contribution in [3.8, 4) is 56.4 Å². The number of para-hydroxylation sites is 2. The topological polar surface area (TPSA) is 35.0 Å². The zero-order chi connectivity index (χ0) is 36.1. The van der Waals surface area contributed by atoms with Crippen molar-refractivity contribution in [2.24, 2.45) is 0 Å². The minimum Gasteiger partial charge on any atom is -0.457 e. The van der Waals surface area contributed by atoms with Crippen molar-refractivity contribution in [1.82, 2.24) is 9.97 Å². The number of rotatable bonds is 3. The lowest BCUT2D eigenvalue weighted by molar-refractivity contribution is 0.436. The largest absolute Gasteiger partial charge is 0.457 e. The van der Waals surface area contributed by atoms with Crippen LogP contribution in [0.4, 0.5) is 0 Å². The minimum atomic E-state index is -0.467. The van der Waals surface area contributed by atoms with Gasteiger partial charge in [0.2, 0.25) is 0 Å². The van der Waals surface area contributed by atoms with E-state index in [1.807, 2.05) is 0 Å². The zero-order valence-electron chi connectivity index (χ0n) is 29.5. The number of fused-ring (bicyclic) bond motifs is 13. The molecule has 0 saturated carbocycles. The number of ether oxygens (including phenoxy) is 1. The molecule has 256 valence electrons. The fraction of sp³-hybridized carbons (Fsp3) is 0.0196. The van der Waals surface area contributed by atoms with Crippen molar-refractivity contribution in [3.63, 3.8) is 0 Å². The maximum Gasteiger partial charge on any atom is 0.160 e. The molecule has 1 spiro atoms. The van der Waals surface area contributed by atoms with Gasteiger partial charge >= 0.3 is 0 Å². The number of thiophene rings is 1. The Labute approximate surface area is 321 Å². The molecule has 3 nitrogen and oxygen atoms in total. The van der Waals surface area contributed by atoms with E-state index in [4.69, 9.17) is 14.7 Å². The first-order chi connectivity index (χ1) is 27.2. The summed E-state index contributed by atoms with van der Waals surface area (Å²) in [7, 11) is 0. The van der Waals surface area contributed by atoms with E-state index < -0.39 is 5.41 Å². The zero-order valence-corrected chi connectivity index (χ0v) is 30.3. The number of nitrogens with zero attached hydrogens (tertiary/aromatic N) is 2. The van der Waals surface area contributed by atoms with Gasteiger partial charge in [-0.3, -0.25) is 0 Å². The van der Waals surface area contributed by atoms with Gasteiger partial charge in [0, 0.05) is 32.3 Å². The van der Waals surface area contributed by atoms with Crippen LogP contribution in [0, 0.1) is 0 Å². The normalized spacial score (nSPS) is 13.4. The van der Waals surface area contributed by atoms with Gasteiger partial charge in [0.1, 0.15) is 11.5 Å². The maximum atomic E-state index is 6.52. The highest BCUT2D eigenvalue weighted by Crippen LogP contribution is 2.62. The van der Waals surface area contributed by atoms with E-state index in [-0.39, 0.29) is 0 Å². The van der Waals surface area contributed by atoms with Crippen molar-refractivity contribution in [3.05, 3.63) is 204 Å². The summed E-state index contributed by atoms with van der Waals surface area (Å²) in [5, 5.41) is 3.55. The monoisotopic (exact) mass is 718 g/mol. The Kier molecular flexibility index (Phi) is 6.42. The molecule has 1 aliphatic carbocycles. The molecule has 0 radical (unpaired) electrons. The minimum absolute atomic E-state index is 0.467.